The van der Waals surface area contributed by atoms with Gasteiger partial charge in [-0.1, -0.05) is 60.2 Å². The van der Waals surface area contributed by atoms with Crippen LogP contribution in [0.5, 0.6) is 0 Å². The summed E-state index contributed by atoms with van der Waals surface area (Å²) in [6.07, 6.45) is -0.728. The lowest BCUT2D eigenvalue weighted by Gasteiger charge is -2.35. The van der Waals surface area contributed by atoms with Gasteiger partial charge >= 0.3 is 6.03 Å². The standard InChI is InChI=1S/C23H32N4O2/c1-18-8-10-20(11-9-18)22(28)16-24-23(29)25-21(19-6-4-3-5-7-19)17-27-14-12-26(2)13-15-27/h3-11,21-22,28H,12-17H2,1-2H3,(H2,24,25,29). The van der Waals surface area contributed by atoms with Crippen LogP contribution in [0.4, 0.5) is 4.79 Å². The number of aryl methyl sites for hydroxylation is 1. The first-order valence-corrected chi connectivity index (χ1v) is 10.3. The second-order valence-electron chi connectivity index (χ2n) is 7.85. The predicted molar refractivity (Wildman–Crippen MR) is 116 cm³/mol. The predicted octanol–water partition coefficient (Wildman–Crippen LogP) is 2.32. The quantitative estimate of drug-likeness (QED) is 0.672. The number of benzene rings is 2. The van der Waals surface area contributed by atoms with Crippen LogP contribution >= 0.6 is 0 Å². The van der Waals surface area contributed by atoms with E-state index in [9.17, 15) is 9.90 Å². The molecule has 0 bridgehead atoms. The summed E-state index contributed by atoms with van der Waals surface area (Å²) in [5, 5.41) is 16.2. The fourth-order valence-corrected chi connectivity index (χ4v) is 3.51. The molecule has 2 atom stereocenters. The highest BCUT2D eigenvalue weighted by atomic mass is 16.3. The number of nitrogens with one attached hydrogen (secondary N) is 2. The summed E-state index contributed by atoms with van der Waals surface area (Å²) in [6, 6.07) is 17.4. The summed E-state index contributed by atoms with van der Waals surface area (Å²) in [5.74, 6) is 0. The van der Waals surface area contributed by atoms with E-state index in [-0.39, 0.29) is 18.6 Å². The number of carbonyl (C=O) groups is 1. The van der Waals surface area contributed by atoms with Crippen LogP contribution in [-0.2, 0) is 0 Å². The molecule has 2 aromatic rings. The molecule has 2 aromatic carbocycles. The van der Waals surface area contributed by atoms with Crippen molar-refractivity contribution in [1.29, 1.82) is 0 Å². The molecule has 1 heterocycles. The lowest BCUT2D eigenvalue weighted by molar-refractivity contribution is 0.141. The zero-order chi connectivity index (χ0) is 20.6. The van der Waals surface area contributed by atoms with E-state index in [0.717, 1.165) is 49.4 Å². The van der Waals surface area contributed by atoms with Gasteiger partial charge in [0.2, 0.25) is 0 Å². The third-order valence-electron chi connectivity index (χ3n) is 5.46. The Morgan fingerprint density at radius 3 is 2.31 bits per heavy atom. The fourth-order valence-electron chi connectivity index (χ4n) is 3.51. The van der Waals surface area contributed by atoms with Gasteiger partial charge in [0.25, 0.3) is 0 Å². The lowest BCUT2D eigenvalue weighted by Crippen LogP contribution is -2.49. The number of nitrogens with zero attached hydrogens (tertiary/aromatic N) is 2. The van der Waals surface area contributed by atoms with Gasteiger partial charge < -0.3 is 20.6 Å². The van der Waals surface area contributed by atoms with Gasteiger partial charge in [-0.05, 0) is 25.1 Å². The summed E-state index contributed by atoms with van der Waals surface area (Å²) >= 11 is 0. The van der Waals surface area contributed by atoms with Crippen molar-refractivity contribution >= 4 is 6.03 Å². The average Bonchev–Trinajstić information content (AvgIpc) is 2.74. The molecule has 2 amide bonds. The number of likely N-dealkylation sites (N-methyl/N-ethyl adjacent to an activating group) is 1. The van der Waals surface area contributed by atoms with Crippen molar-refractivity contribution in [1.82, 2.24) is 20.4 Å². The molecule has 2 unspecified atom stereocenters. The summed E-state index contributed by atoms with van der Waals surface area (Å²) in [5.41, 5.74) is 3.02. The van der Waals surface area contributed by atoms with Gasteiger partial charge in [0.05, 0.1) is 12.1 Å². The molecule has 1 aliphatic rings. The number of piperazine rings is 1. The first-order valence-electron chi connectivity index (χ1n) is 10.3. The molecule has 6 heteroatoms. The molecule has 1 saturated heterocycles. The van der Waals surface area contributed by atoms with Crippen LogP contribution in [0.1, 0.15) is 28.8 Å². The number of urea groups is 1. The van der Waals surface area contributed by atoms with E-state index in [2.05, 4.69) is 27.5 Å². The Morgan fingerprint density at radius 2 is 1.66 bits per heavy atom. The van der Waals surface area contributed by atoms with Crippen molar-refractivity contribution < 1.29 is 9.90 Å². The van der Waals surface area contributed by atoms with Crippen LogP contribution in [0.15, 0.2) is 54.6 Å². The Hall–Kier alpha value is -2.41. The van der Waals surface area contributed by atoms with E-state index < -0.39 is 6.10 Å². The van der Waals surface area contributed by atoms with Gasteiger partial charge in [-0.2, -0.15) is 0 Å². The summed E-state index contributed by atoms with van der Waals surface area (Å²) in [7, 11) is 2.14. The molecule has 0 aliphatic carbocycles. The van der Waals surface area contributed by atoms with Crippen LogP contribution in [0.25, 0.3) is 0 Å². The number of carbonyl (C=O) groups excluding carboxylic acids is 1. The SMILES string of the molecule is Cc1ccc(C(O)CNC(=O)NC(CN2CCN(C)CC2)c2ccccc2)cc1. The number of amides is 2. The zero-order valence-corrected chi connectivity index (χ0v) is 17.3. The van der Waals surface area contributed by atoms with Gasteiger partial charge in [-0.25, -0.2) is 4.79 Å². The molecular formula is C23H32N4O2. The highest BCUT2D eigenvalue weighted by Gasteiger charge is 2.21. The minimum Gasteiger partial charge on any atom is -0.387 e. The molecule has 1 fully saturated rings. The van der Waals surface area contributed by atoms with E-state index in [4.69, 9.17) is 0 Å². The maximum absolute atomic E-state index is 12.6. The van der Waals surface area contributed by atoms with E-state index >= 15 is 0 Å². The number of rotatable bonds is 7. The lowest BCUT2D eigenvalue weighted by atomic mass is 10.1. The van der Waals surface area contributed by atoms with Crippen molar-refractivity contribution in [2.24, 2.45) is 0 Å². The van der Waals surface area contributed by atoms with Gasteiger partial charge in [-0.3, -0.25) is 4.90 Å². The molecule has 156 valence electrons. The third-order valence-corrected chi connectivity index (χ3v) is 5.46. The number of aliphatic hydroxyl groups is 1. The summed E-state index contributed by atoms with van der Waals surface area (Å²) < 4.78 is 0. The van der Waals surface area contributed by atoms with Gasteiger partial charge in [0.15, 0.2) is 0 Å². The highest BCUT2D eigenvalue weighted by molar-refractivity contribution is 5.74. The largest absolute Gasteiger partial charge is 0.387 e. The fraction of sp³-hybridized carbons (Fsp3) is 0.435. The van der Waals surface area contributed by atoms with Crippen molar-refractivity contribution in [3.05, 3.63) is 71.3 Å². The minimum absolute atomic E-state index is 0.101. The Morgan fingerprint density at radius 1 is 1.00 bits per heavy atom. The maximum Gasteiger partial charge on any atom is 0.315 e. The number of aliphatic hydroxyl groups excluding tert-OH is 1. The van der Waals surface area contributed by atoms with Crippen LogP contribution in [0.2, 0.25) is 0 Å². The van der Waals surface area contributed by atoms with Crippen LogP contribution < -0.4 is 10.6 Å². The van der Waals surface area contributed by atoms with Gasteiger partial charge in [0.1, 0.15) is 0 Å². The molecular weight excluding hydrogens is 364 g/mol. The summed E-state index contributed by atoms with van der Waals surface area (Å²) in [6.45, 7) is 7.01. The monoisotopic (exact) mass is 396 g/mol. The van der Waals surface area contributed by atoms with E-state index in [1.54, 1.807) is 0 Å². The maximum atomic E-state index is 12.6. The summed E-state index contributed by atoms with van der Waals surface area (Å²) in [4.78, 5) is 17.3. The molecule has 3 rings (SSSR count). The zero-order valence-electron chi connectivity index (χ0n) is 17.3. The van der Waals surface area contributed by atoms with Crippen molar-refractivity contribution in [3.8, 4) is 0 Å². The molecule has 0 radical (unpaired) electrons. The minimum atomic E-state index is -0.728. The van der Waals surface area contributed by atoms with E-state index in [1.807, 2.05) is 61.5 Å². The first-order chi connectivity index (χ1) is 14.0. The van der Waals surface area contributed by atoms with Crippen molar-refractivity contribution in [2.75, 3.05) is 46.3 Å². The number of hydrogen-bond acceptors (Lipinski definition) is 4. The molecule has 6 nitrogen and oxygen atoms in total. The normalized spacial score (nSPS) is 17.5. The Bertz CT molecular complexity index is 758. The van der Waals surface area contributed by atoms with Crippen molar-refractivity contribution in [3.63, 3.8) is 0 Å². The van der Waals surface area contributed by atoms with Gasteiger partial charge in [0, 0.05) is 39.3 Å². The average molecular weight is 397 g/mol. The highest BCUT2D eigenvalue weighted by Crippen LogP contribution is 2.16. The van der Waals surface area contributed by atoms with Crippen molar-refractivity contribution in [2.45, 2.75) is 19.1 Å². The molecule has 1 aliphatic heterocycles. The topological polar surface area (TPSA) is 67.8 Å². The van der Waals surface area contributed by atoms with Crippen LogP contribution in [-0.4, -0.2) is 67.3 Å². The van der Waals surface area contributed by atoms with E-state index in [0.29, 0.717) is 0 Å². The smallest absolute Gasteiger partial charge is 0.315 e. The Balaban J connectivity index is 1.56. The first kappa shape index (κ1) is 21.3. The molecule has 0 saturated carbocycles. The van der Waals surface area contributed by atoms with E-state index in [1.165, 1.54) is 0 Å². The van der Waals surface area contributed by atoms with Crippen LogP contribution in [0.3, 0.4) is 0 Å². The molecule has 0 spiro atoms. The Labute approximate surface area is 173 Å². The van der Waals surface area contributed by atoms with Crippen LogP contribution in [0, 0.1) is 6.92 Å². The second-order valence-corrected chi connectivity index (χ2v) is 7.85. The molecule has 0 aromatic heterocycles. The van der Waals surface area contributed by atoms with Gasteiger partial charge in [-0.15, -0.1) is 0 Å². The molecule has 29 heavy (non-hydrogen) atoms. The Kier molecular flexibility index (Phi) is 7.63. The number of hydrogen-bond donors (Lipinski definition) is 3. The third kappa shape index (κ3) is 6.56. The molecule has 3 N–H and O–H groups in total. The second kappa shape index (κ2) is 10.4.